The number of hydrogen-bond donors (Lipinski definition) is 1. The van der Waals surface area contributed by atoms with Crippen molar-refractivity contribution in [3.8, 4) is 0 Å². The average molecular weight is 243 g/mol. The molecule has 1 aromatic carbocycles. The van der Waals surface area contributed by atoms with Gasteiger partial charge in [-0.05, 0) is 5.56 Å². The highest BCUT2D eigenvalue weighted by atomic mass is 16.6. The second-order valence-electron chi connectivity index (χ2n) is 4.24. The number of hydrogen-bond acceptors (Lipinski definition) is 3. The summed E-state index contributed by atoms with van der Waals surface area (Å²) >= 11 is 0. The standard InChI is InChI=1S/C13H13N3O2/c17-13-15-12(10-4-2-1-3-5-10)11(18-13)8-16-7-6-14-9-16/h1-7,9,11-12H,8H2,(H,15,17). The highest BCUT2D eigenvalue weighted by Crippen LogP contribution is 2.25. The van der Waals surface area contributed by atoms with Gasteiger partial charge in [-0.25, -0.2) is 9.78 Å². The highest BCUT2D eigenvalue weighted by Gasteiger charge is 2.35. The van der Waals surface area contributed by atoms with Gasteiger partial charge in [-0.3, -0.25) is 0 Å². The van der Waals surface area contributed by atoms with Gasteiger partial charge in [-0.15, -0.1) is 0 Å². The molecule has 1 aliphatic rings. The molecule has 5 nitrogen and oxygen atoms in total. The number of nitrogens with one attached hydrogen (secondary N) is 1. The number of aromatic nitrogens is 2. The molecule has 3 rings (SSSR count). The van der Waals surface area contributed by atoms with Gasteiger partial charge in [0, 0.05) is 12.4 Å². The van der Waals surface area contributed by atoms with Gasteiger partial charge >= 0.3 is 6.09 Å². The van der Waals surface area contributed by atoms with Crippen LogP contribution in [0.25, 0.3) is 0 Å². The summed E-state index contributed by atoms with van der Waals surface area (Å²) in [5.41, 5.74) is 1.05. The summed E-state index contributed by atoms with van der Waals surface area (Å²) in [5.74, 6) is 0. The number of alkyl carbamates (subject to hydrolysis) is 1. The van der Waals surface area contributed by atoms with Crippen LogP contribution in [0, 0.1) is 0 Å². The summed E-state index contributed by atoms with van der Waals surface area (Å²) in [5, 5.41) is 2.84. The van der Waals surface area contributed by atoms with Crippen LogP contribution in [0.15, 0.2) is 49.1 Å². The van der Waals surface area contributed by atoms with E-state index in [-0.39, 0.29) is 18.2 Å². The lowest BCUT2D eigenvalue weighted by molar-refractivity contribution is 0.120. The number of carbonyl (C=O) groups excluding carboxylic acids is 1. The minimum atomic E-state index is -0.367. The van der Waals surface area contributed by atoms with Crippen molar-refractivity contribution in [2.45, 2.75) is 18.7 Å². The van der Waals surface area contributed by atoms with Gasteiger partial charge in [0.05, 0.1) is 18.9 Å². The largest absolute Gasteiger partial charge is 0.442 e. The molecular formula is C13H13N3O2. The molecule has 0 saturated carbocycles. The zero-order chi connectivity index (χ0) is 12.4. The molecule has 1 fully saturated rings. The molecule has 0 bridgehead atoms. The first-order valence-electron chi connectivity index (χ1n) is 5.81. The summed E-state index contributed by atoms with van der Waals surface area (Å²) < 4.78 is 7.21. The lowest BCUT2D eigenvalue weighted by Crippen LogP contribution is -2.25. The summed E-state index contributed by atoms with van der Waals surface area (Å²) in [4.78, 5) is 15.4. The van der Waals surface area contributed by atoms with E-state index >= 15 is 0 Å². The molecule has 18 heavy (non-hydrogen) atoms. The molecule has 92 valence electrons. The van der Waals surface area contributed by atoms with Crippen LogP contribution in [-0.4, -0.2) is 21.7 Å². The summed E-state index contributed by atoms with van der Waals surface area (Å²) in [6.45, 7) is 0.596. The highest BCUT2D eigenvalue weighted by molar-refractivity contribution is 5.70. The Hall–Kier alpha value is -2.30. The van der Waals surface area contributed by atoms with Gasteiger partial charge in [-0.1, -0.05) is 30.3 Å². The van der Waals surface area contributed by atoms with Crippen LogP contribution in [0.3, 0.4) is 0 Å². The van der Waals surface area contributed by atoms with Crippen LogP contribution in [0.4, 0.5) is 4.79 Å². The van der Waals surface area contributed by atoms with Gasteiger partial charge < -0.3 is 14.6 Å². The molecule has 1 aromatic heterocycles. The van der Waals surface area contributed by atoms with Crippen LogP contribution in [0.2, 0.25) is 0 Å². The first-order valence-corrected chi connectivity index (χ1v) is 5.81. The first-order chi connectivity index (χ1) is 8.83. The fraction of sp³-hybridized carbons (Fsp3) is 0.231. The molecular weight excluding hydrogens is 230 g/mol. The average Bonchev–Trinajstić information content (AvgIpc) is 3.01. The zero-order valence-corrected chi connectivity index (χ0v) is 9.69. The van der Waals surface area contributed by atoms with Crippen molar-refractivity contribution in [2.75, 3.05) is 0 Å². The third-order valence-corrected chi connectivity index (χ3v) is 3.01. The molecule has 2 heterocycles. The number of cyclic esters (lactones) is 1. The monoisotopic (exact) mass is 243 g/mol. The molecule has 0 aliphatic carbocycles. The van der Waals surface area contributed by atoms with E-state index in [2.05, 4.69) is 10.3 Å². The van der Waals surface area contributed by atoms with E-state index in [1.807, 2.05) is 41.1 Å². The van der Waals surface area contributed by atoms with Crippen LogP contribution < -0.4 is 5.32 Å². The second-order valence-corrected chi connectivity index (χ2v) is 4.24. The van der Waals surface area contributed by atoms with Crippen molar-refractivity contribution in [3.05, 3.63) is 54.6 Å². The molecule has 1 amide bonds. The van der Waals surface area contributed by atoms with Crippen LogP contribution in [0.5, 0.6) is 0 Å². The van der Waals surface area contributed by atoms with Crippen molar-refractivity contribution in [1.29, 1.82) is 0 Å². The van der Waals surface area contributed by atoms with Crippen LogP contribution in [0.1, 0.15) is 11.6 Å². The van der Waals surface area contributed by atoms with Gasteiger partial charge in [0.15, 0.2) is 0 Å². The van der Waals surface area contributed by atoms with Crippen LogP contribution >= 0.6 is 0 Å². The maximum absolute atomic E-state index is 11.4. The predicted molar refractivity (Wildman–Crippen MR) is 64.8 cm³/mol. The van der Waals surface area contributed by atoms with Crippen molar-refractivity contribution < 1.29 is 9.53 Å². The fourth-order valence-electron chi connectivity index (χ4n) is 2.16. The Morgan fingerprint density at radius 1 is 1.33 bits per heavy atom. The fourth-order valence-corrected chi connectivity index (χ4v) is 2.16. The molecule has 0 spiro atoms. The number of amides is 1. The molecule has 2 atom stereocenters. The molecule has 2 aromatic rings. The molecule has 1 aliphatic heterocycles. The maximum atomic E-state index is 11.4. The third-order valence-electron chi connectivity index (χ3n) is 3.01. The van der Waals surface area contributed by atoms with Crippen molar-refractivity contribution in [1.82, 2.24) is 14.9 Å². The van der Waals surface area contributed by atoms with E-state index in [0.29, 0.717) is 6.54 Å². The minimum absolute atomic E-state index is 0.110. The molecule has 1 N–H and O–H groups in total. The number of benzene rings is 1. The number of imidazole rings is 1. The quantitative estimate of drug-likeness (QED) is 0.893. The Balaban J connectivity index is 1.81. The number of nitrogens with zero attached hydrogens (tertiary/aromatic N) is 2. The van der Waals surface area contributed by atoms with Gasteiger partial charge in [0.1, 0.15) is 6.10 Å². The molecule has 1 saturated heterocycles. The van der Waals surface area contributed by atoms with E-state index in [4.69, 9.17) is 4.74 Å². The SMILES string of the molecule is O=C1NC(c2ccccc2)C(Cn2ccnc2)O1. The third kappa shape index (κ3) is 2.07. The Morgan fingerprint density at radius 3 is 2.89 bits per heavy atom. The van der Waals surface area contributed by atoms with E-state index in [9.17, 15) is 4.79 Å². The van der Waals surface area contributed by atoms with E-state index in [1.54, 1.807) is 12.5 Å². The zero-order valence-electron chi connectivity index (χ0n) is 9.69. The van der Waals surface area contributed by atoms with Crippen molar-refractivity contribution in [2.24, 2.45) is 0 Å². The lowest BCUT2D eigenvalue weighted by Gasteiger charge is -2.17. The summed E-state index contributed by atoms with van der Waals surface area (Å²) in [6.07, 6.45) is 4.70. The molecule has 0 radical (unpaired) electrons. The normalized spacial score (nSPS) is 22.6. The van der Waals surface area contributed by atoms with E-state index in [0.717, 1.165) is 5.56 Å². The summed E-state index contributed by atoms with van der Waals surface area (Å²) in [7, 11) is 0. The topological polar surface area (TPSA) is 56.2 Å². The number of ether oxygens (including phenoxy) is 1. The van der Waals surface area contributed by atoms with Crippen molar-refractivity contribution in [3.63, 3.8) is 0 Å². The molecule has 5 heteroatoms. The van der Waals surface area contributed by atoms with Crippen molar-refractivity contribution >= 4 is 6.09 Å². The molecule has 2 unspecified atom stereocenters. The Labute approximate surface area is 104 Å². The van der Waals surface area contributed by atoms with E-state index < -0.39 is 0 Å². The van der Waals surface area contributed by atoms with Gasteiger partial charge in [0.2, 0.25) is 0 Å². The van der Waals surface area contributed by atoms with Crippen LogP contribution in [-0.2, 0) is 11.3 Å². The second kappa shape index (κ2) is 4.52. The Kier molecular flexibility index (Phi) is 2.72. The lowest BCUT2D eigenvalue weighted by atomic mass is 10.0. The Bertz CT molecular complexity index is 524. The summed E-state index contributed by atoms with van der Waals surface area (Å²) in [6, 6.07) is 9.72. The first kappa shape index (κ1) is 10.8. The maximum Gasteiger partial charge on any atom is 0.408 e. The smallest absolute Gasteiger partial charge is 0.408 e. The predicted octanol–water partition coefficient (Wildman–Crippen LogP) is 1.73. The Morgan fingerprint density at radius 2 is 2.17 bits per heavy atom. The van der Waals surface area contributed by atoms with E-state index in [1.165, 1.54) is 0 Å². The minimum Gasteiger partial charge on any atom is -0.442 e. The van der Waals surface area contributed by atoms with Gasteiger partial charge in [0.25, 0.3) is 0 Å². The van der Waals surface area contributed by atoms with Gasteiger partial charge in [-0.2, -0.15) is 0 Å². The number of rotatable bonds is 3. The number of carbonyl (C=O) groups is 1.